The Balaban J connectivity index is 5.18. The SMILES string of the molecule is CCC(O[SiH](C)C(CC)(CC)O[Si](C)(C)C)[Si](C)(C)OC. The molecule has 0 bridgehead atoms. The van der Waals surface area contributed by atoms with E-state index in [1.54, 1.807) is 0 Å². The Morgan fingerprint density at radius 3 is 1.76 bits per heavy atom. The second kappa shape index (κ2) is 8.40. The maximum absolute atomic E-state index is 6.63. The first-order chi connectivity index (χ1) is 9.48. The van der Waals surface area contributed by atoms with Crippen LogP contribution in [0.25, 0.3) is 0 Å². The molecule has 0 saturated heterocycles. The lowest BCUT2D eigenvalue weighted by molar-refractivity contribution is 0.0957. The first-order valence-electron chi connectivity index (χ1n) is 8.38. The van der Waals surface area contributed by atoms with Crippen molar-refractivity contribution in [1.82, 2.24) is 0 Å². The van der Waals surface area contributed by atoms with Crippen LogP contribution in [-0.2, 0) is 13.3 Å². The third-order valence-electron chi connectivity index (χ3n) is 4.49. The van der Waals surface area contributed by atoms with Crippen LogP contribution in [0.4, 0.5) is 0 Å². The average Bonchev–Trinajstić information content (AvgIpc) is 2.40. The van der Waals surface area contributed by atoms with E-state index in [9.17, 15) is 0 Å². The summed E-state index contributed by atoms with van der Waals surface area (Å²) >= 11 is 0. The molecular formula is C15H38O3Si3. The highest BCUT2D eigenvalue weighted by Crippen LogP contribution is 2.31. The molecule has 0 aliphatic heterocycles. The zero-order valence-corrected chi connectivity index (χ0v) is 19.2. The highest BCUT2D eigenvalue weighted by atomic mass is 28.4. The summed E-state index contributed by atoms with van der Waals surface area (Å²) in [6.07, 6.45) is 3.12. The van der Waals surface area contributed by atoms with Gasteiger partial charge in [-0.25, -0.2) is 0 Å². The number of rotatable bonds is 10. The highest BCUT2D eigenvalue weighted by molar-refractivity contribution is 6.73. The Morgan fingerprint density at radius 2 is 1.48 bits per heavy atom. The molecule has 0 heterocycles. The summed E-state index contributed by atoms with van der Waals surface area (Å²) in [5, 5.41) is -0.0316. The van der Waals surface area contributed by atoms with Gasteiger partial charge in [-0.3, -0.25) is 0 Å². The van der Waals surface area contributed by atoms with Gasteiger partial charge in [0.2, 0.25) is 17.4 Å². The topological polar surface area (TPSA) is 27.7 Å². The summed E-state index contributed by atoms with van der Waals surface area (Å²) in [7, 11) is -2.99. The quantitative estimate of drug-likeness (QED) is 0.544. The molecule has 0 aromatic rings. The van der Waals surface area contributed by atoms with Crippen molar-refractivity contribution < 1.29 is 13.3 Å². The third kappa shape index (κ3) is 6.27. The first-order valence-corrected chi connectivity index (χ1v) is 17.0. The molecule has 3 nitrogen and oxygen atoms in total. The molecule has 0 radical (unpaired) electrons. The number of hydrogen-bond donors (Lipinski definition) is 0. The summed E-state index contributed by atoms with van der Waals surface area (Å²) in [5.74, 6) is 0. The van der Waals surface area contributed by atoms with Crippen LogP contribution in [0.3, 0.4) is 0 Å². The van der Waals surface area contributed by atoms with Crippen LogP contribution in [0.15, 0.2) is 0 Å². The molecule has 0 aromatic heterocycles. The van der Waals surface area contributed by atoms with Gasteiger partial charge in [0.15, 0.2) is 8.32 Å². The molecule has 0 saturated carbocycles. The lowest BCUT2D eigenvalue weighted by atomic mass is 10.2. The van der Waals surface area contributed by atoms with Crippen LogP contribution in [0.2, 0.25) is 39.3 Å². The molecule has 6 heteroatoms. The molecule has 2 atom stereocenters. The van der Waals surface area contributed by atoms with Crippen LogP contribution in [0.1, 0.15) is 40.0 Å². The van der Waals surface area contributed by atoms with Crippen LogP contribution in [0.5, 0.6) is 0 Å². The van der Waals surface area contributed by atoms with E-state index in [0.717, 1.165) is 19.3 Å². The van der Waals surface area contributed by atoms with E-state index >= 15 is 0 Å². The van der Waals surface area contributed by atoms with E-state index in [1.165, 1.54) is 0 Å². The summed E-state index contributed by atoms with van der Waals surface area (Å²) in [5.41, 5.74) is 0.270. The van der Waals surface area contributed by atoms with Gasteiger partial charge in [-0.1, -0.05) is 20.8 Å². The molecule has 21 heavy (non-hydrogen) atoms. The summed E-state index contributed by atoms with van der Waals surface area (Å²) in [4.78, 5) is 0. The molecule has 0 fully saturated rings. The van der Waals surface area contributed by atoms with Crippen molar-refractivity contribution in [3.8, 4) is 0 Å². The minimum atomic E-state index is -1.76. The minimum Gasteiger partial charge on any atom is -0.418 e. The molecule has 0 N–H and O–H groups in total. The number of hydrogen-bond acceptors (Lipinski definition) is 3. The standard InChI is InChI=1S/C15H38O3Si3/c1-11-14(21(9,10)16-4)17-19(5)15(12-2,13-3)18-20(6,7)8/h14,19H,11-13H2,1-10H3. The van der Waals surface area contributed by atoms with E-state index in [0.29, 0.717) is 0 Å². The Kier molecular flexibility index (Phi) is 8.61. The summed E-state index contributed by atoms with van der Waals surface area (Å²) in [6, 6.07) is 0. The van der Waals surface area contributed by atoms with Gasteiger partial charge in [0.05, 0.1) is 11.0 Å². The highest BCUT2D eigenvalue weighted by Gasteiger charge is 2.43. The average molecular weight is 351 g/mol. The Hall–Kier alpha value is 0.531. The second-order valence-electron chi connectivity index (χ2n) is 7.47. The smallest absolute Gasteiger partial charge is 0.213 e. The van der Waals surface area contributed by atoms with Gasteiger partial charge in [0.1, 0.15) is 0 Å². The summed E-state index contributed by atoms with van der Waals surface area (Å²) < 4.78 is 19.0. The molecule has 2 unspecified atom stereocenters. The predicted octanol–water partition coefficient (Wildman–Crippen LogP) is 4.48. The molecule has 0 amide bonds. The van der Waals surface area contributed by atoms with Crippen LogP contribution >= 0.6 is 0 Å². The van der Waals surface area contributed by atoms with Gasteiger partial charge in [0, 0.05) is 7.11 Å². The molecule has 0 rings (SSSR count). The lowest BCUT2D eigenvalue weighted by Crippen LogP contribution is -2.57. The van der Waals surface area contributed by atoms with Crippen molar-refractivity contribution in [2.45, 2.75) is 90.3 Å². The van der Waals surface area contributed by atoms with Crippen molar-refractivity contribution >= 4 is 25.7 Å². The lowest BCUT2D eigenvalue weighted by Gasteiger charge is -2.44. The van der Waals surface area contributed by atoms with Gasteiger partial charge < -0.3 is 13.3 Å². The van der Waals surface area contributed by atoms with Crippen molar-refractivity contribution in [2.75, 3.05) is 7.11 Å². The molecule has 0 aliphatic carbocycles. The predicted molar refractivity (Wildman–Crippen MR) is 100 cm³/mol. The monoisotopic (exact) mass is 350 g/mol. The zero-order valence-electron chi connectivity index (χ0n) is 16.0. The van der Waals surface area contributed by atoms with Crippen molar-refractivity contribution in [3.63, 3.8) is 0 Å². The molecular weight excluding hydrogens is 312 g/mol. The van der Waals surface area contributed by atoms with Crippen LogP contribution in [-0.4, -0.2) is 43.7 Å². The Bertz CT molecular complexity index is 299. The Labute approximate surface area is 136 Å². The molecule has 0 spiro atoms. The molecule has 0 aromatic carbocycles. The fourth-order valence-electron chi connectivity index (χ4n) is 2.92. The third-order valence-corrected chi connectivity index (χ3v) is 12.3. The van der Waals surface area contributed by atoms with Crippen molar-refractivity contribution in [1.29, 1.82) is 0 Å². The maximum Gasteiger partial charge on any atom is 0.213 e. The van der Waals surface area contributed by atoms with E-state index in [-0.39, 0.29) is 11.0 Å². The van der Waals surface area contributed by atoms with Crippen molar-refractivity contribution in [2.24, 2.45) is 0 Å². The van der Waals surface area contributed by atoms with Gasteiger partial charge in [-0.05, 0) is 58.5 Å². The van der Waals surface area contributed by atoms with Gasteiger partial charge >= 0.3 is 0 Å². The fourth-order valence-corrected chi connectivity index (χ4v) is 11.4. The van der Waals surface area contributed by atoms with Gasteiger partial charge in [-0.15, -0.1) is 0 Å². The molecule has 128 valence electrons. The minimum absolute atomic E-state index is 0.0316. The van der Waals surface area contributed by atoms with E-state index in [2.05, 4.69) is 60.1 Å². The fraction of sp³-hybridized carbons (Fsp3) is 1.00. The van der Waals surface area contributed by atoms with Crippen molar-refractivity contribution in [3.05, 3.63) is 0 Å². The van der Waals surface area contributed by atoms with E-state index < -0.39 is 25.7 Å². The normalized spacial score (nSPS) is 16.9. The largest absolute Gasteiger partial charge is 0.418 e. The van der Waals surface area contributed by atoms with E-state index in [1.807, 2.05) is 7.11 Å². The van der Waals surface area contributed by atoms with Gasteiger partial charge in [0.25, 0.3) is 0 Å². The van der Waals surface area contributed by atoms with Crippen LogP contribution < -0.4 is 0 Å². The van der Waals surface area contributed by atoms with Gasteiger partial charge in [-0.2, -0.15) is 0 Å². The summed E-state index contributed by atoms with van der Waals surface area (Å²) in [6.45, 7) is 20.3. The Morgan fingerprint density at radius 1 is 1.00 bits per heavy atom. The van der Waals surface area contributed by atoms with E-state index in [4.69, 9.17) is 13.3 Å². The maximum atomic E-state index is 6.63. The zero-order chi connectivity index (χ0) is 16.9. The molecule has 0 aliphatic rings. The first kappa shape index (κ1) is 21.5. The second-order valence-corrected chi connectivity index (χ2v) is 18.8. The van der Waals surface area contributed by atoms with Crippen LogP contribution in [0, 0.1) is 0 Å².